The van der Waals surface area contributed by atoms with E-state index in [1.165, 1.54) is 17.1 Å². The van der Waals surface area contributed by atoms with E-state index in [2.05, 4.69) is 31.6 Å². The first kappa shape index (κ1) is 20.4. The van der Waals surface area contributed by atoms with Crippen LogP contribution in [-0.4, -0.2) is 26.8 Å². The van der Waals surface area contributed by atoms with Crippen molar-refractivity contribution in [1.29, 1.82) is 0 Å². The Morgan fingerprint density at radius 3 is 2.74 bits per heavy atom. The fourth-order valence-corrected chi connectivity index (χ4v) is 3.63. The van der Waals surface area contributed by atoms with Crippen molar-refractivity contribution in [2.75, 3.05) is 0 Å². The van der Waals surface area contributed by atoms with Crippen LogP contribution in [0, 0.1) is 10.1 Å². The molecule has 31 heavy (non-hydrogen) atoms. The second kappa shape index (κ2) is 8.88. The predicted octanol–water partition coefficient (Wildman–Crippen LogP) is 4.52. The summed E-state index contributed by atoms with van der Waals surface area (Å²) in [4.78, 5) is 23.3. The van der Waals surface area contributed by atoms with E-state index in [0.717, 1.165) is 26.4 Å². The second-order valence-corrected chi connectivity index (χ2v) is 7.63. The number of hydrazone groups is 1. The topological polar surface area (TPSA) is 102 Å². The molecule has 8 nitrogen and oxygen atoms in total. The van der Waals surface area contributed by atoms with E-state index in [-0.39, 0.29) is 17.9 Å². The molecule has 4 aromatic rings. The molecule has 0 aliphatic heterocycles. The lowest BCUT2D eigenvalue weighted by Gasteiger charge is -2.02. The van der Waals surface area contributed by atoms with Gasteiger partial charge < -0.3 is 0 Å². The molecule has 1 heterocycles. The van der Waals surface area contributed by atoms with Gasteiger partial charge in [-0.1, -0.05) is 70.5 Å². The maximum Gasteiger partial charge on any atom is 0.320 e. The smallest absolute Gasteiger partial charge is 0.265 e. The standard InChI is InChI=1S/C22H16BrN5O3/c23-18-9-3-5-15(11-18)13-27-14-20(28(30)31)21(26-27)22(29)25-24-12-17-8-4-7-16-6-1-2-10-19(16)17/h1-12,14H,13H2,(H,25,29)/b24-12-. The number of hydrogen-bond acceptors (Lipinski definition) is 5. The molecular formula is C22H16BrN5O3. The molecule has 0 fully saturated rings. The largest absolute Gasteiger partial charge is 0.320 e. The molecule has 0 spiro atoms. The van der Waals surface area contributed by atoms with Gasteiger partial charge in [-0.25, -0.2) is 5.43 Å². The molecular weight excluding hydrogens is 462 g/mol. The van der Waals surface area contributed by atoms with Crippen molar-refractivity contribution in [2.45, 2.75) is 6.54 Å². The van der Waals surface area contributed by atoms with E-state index in [4.69, 9.17) is 0 Å². The van der Waals surface area contributed by atoms with E-state index < -0.39 is 10.8 Å². The molecule has 1 amide bonds. The zero-order chi connectivity index (χ0) is 21.8. The third-order valence-corrected chi connectivity index (χ3v) is 5.07. The fraction of sp³-hybridized carbons (Fsp3) is 0.0455. The van der Waals surface area contributed by atoms with Crippen LogP contribution in [0.2, 0.25) is 0 Å². The summed E-state index contributed by atoms with van der Waals surface area (Å²) < 4.78 is 2.25. The highest BCUT2D eigenvalue weighted by Crippen LogP contribution is 2.19. The highest BCUT2D eigenvalue weighted by Gasteiger charge is 2.25. The SMILES string of the molecule is O=C(N/N=C\c1cccc2ccccc12)c1nn(Cc2cccc(Br)c2)cc1[N+](=O)[O-]. The molecule has 0 saturated carbocycles. The number of hydrogen-bond donors (Lipinski definition) is 1. The average molecular weight is 478 g/mol. The first-order valence-corrected chi connectivity index (χ1v) is 10.1. The number of fused-ring (bicyclic) bond motifs is 1. The monoisotopic (exact) mass is 477 g/mol. The summed E-state index contributed by atoms with van der Waals surface area (Å²) in [5.74, 6) is -0.754. The number of amides is 1. The lowest BCUT2D eigenvalue weighted by molar-refractivity contribution is -0.385. The second-order valence-electron chi connectivity index (χ2n) is 6.72. The van der Waals surface area contributed by atoms with Crippen molar-refractivity contribution >= 4 is 44.5 Å². The third-order valence-electron chi connectivity index (χ3n) is 4.58. The zero-order valence-corrected chi connectivity index (χ0v) is 17.7. The van der Waals surface area contributed by atoms with Gasteiger partial charge in [-0.05, 0) is 28.5 Å². The average Bonchev–Trinajstić information content (AvgIpc) is 3.18. The van der Waals surface area contributed by atoms with Gasteiger partial charge in [-0.3, -0.25) is 19.6 Å². The van der Waals surface area contributed by atoms with E-state index in [0.29, 0.717) is 0 Å². The molecule has 4 rings (SSSR count). The molecule has 3 aromatic carbocycles. The molecule has 1 N–H and O–H groups in total. The lowest BCUT2D eigenvalue weighted by Crippen LogP contribution is -2.19. The van der Waals surface area contributed by atoms with Gasteiger partial charge in [0, 0.05) is 10.0 Å². The Morgan fingerprint density at radius 1 is 1.16 bits per heavy atom. The molecule has 0 saturated heterocycles. The third kappa shape index (κ3) is 4.67. The van der Waals surface area contributed by atoms with Gasteiger partial charge in [0.15, 0.2) is 0 Å². The fourth-order valence-electron chi connectivity index (χ4n) is 3.19. The highest BCUT2D eigenvalue weighted by molar-refractivity contribution is 9.10. The van der Waals surface area contributed by atoms with Crippen molar-refractivity contribution in [3.63, 3.8) is 0 Å². The van der Waals surface area contributed by atoms with E-state index >= 15 is 0 Å². The Labute approximate surface area is 185 Å². The van der Waals surface area contributed by atoms with Crippen LogP contribution in [0.15, 0.2) is 82.5 Å². The number of benzene rings is 3. The van der Waals surface area contributed by atoms with Crippen molar-refractivity contribution in [2.24, 2.45) is 5.10 Å². The maximum atomic E-state index is 12.5. The molecule has 1 aromatic heterocycles. The Morgan fingerprint density at radius 2 is 1.94 bits per heavy atom. The van der Waals surface area contributed by atoms with Crippen molar-refractivity contribution < 1.29 is 9.72 Å². The quantitative estimate of drug-likeness (QED) is 0.250. The number of aromatic nitrogens is 2. The van der Waals surface area contributed by atoms with Gasteiger partial charge in [-0.15, -0.1) is 0 Å². The number of nitrogens with zero attached hydrogens (tertiary/aromatic N) is 4. The highest BCUT2D eigenvalue weighted by atomic mass is 79.9. The van der Waals surface area contributed by atoms with Crippen molar-refractivity contribution in [1.82, 2.24) is 15.2 Å². The number of rotatable bonds is 6. The maximum absolute atomic E-state index is 12.5. The first-order valence-electron chi connectivity index (χ1n) is 9.29. The van der Waals surface area contributed by atoms with E-state index in [1.54, 1.807) is 0 Å². The number of halogens is 1. The minimum atomic E-state index is -0.754. The molecule has 0 unspecified atom stereocenters. The van der Waals surface area contributed by atoms with Crippen LogP contribution in [0.25, 0.3) is 10.8 Å². The molecule has 154 valence electrons. The van der Waals surface area contributed by atoms with Crippen LogP contribution < -0.4 is 5.43 Å². The Hall–Kier alpha value is -3.85. The molecule has 9 heteroatoms. The van der Waals surface area contributed by atoms with Crippen molar-refractivity contribution in [3.05, 3.63) is 104 Å². The number of nitro groups is 1. The van der Waals surface area contributed by atoms with Crippen LogP contribution in [0.3, 0.4) is 0 Å². The molecule has 0 aliphatic rings. The van der Waals surface area contributed by atoms with Gasteiger partial charge in [0.2, 0.25) is 5.69 Å². The van der Waals surface area contributed by atoms with Gasteiger partial charge in [0.1, 0.15) is 6.20 Å². The van der Waals surface area contributed by atoms with Gasteiger partial charge >= 0.3 is 5.69 Å². The van der Waals surface area contributed by atoms with Gasteiger partial charge in [0.25, 0.3) is 5.91 Å². The van der Waals surface area contributed by atoms with Gasteiger partial charge in [0.05, 0.1) is 17.7 Å². The Bertz CT molecular complexity index is 1310. The Kier molecular flexibility index (Phi) is 5.85. The summed E-state index contributed by atoms with van der Waals surface area (Å²) in [6.07, 6.45) is 2.74. The van der Waals surface area contributed by atoms with Crippen molar-refractivity contribution in [3.8, 4) is 0 Å². The zero-order valence-electron chi connectivity index (χ0n) is 16.1. The first-order chi connectivity index (χ1) is 15.0. The normalized spacial score (nSPS) is 11.1. The molecule has 0 aliphatic carbocycles. The summed E-state index contributed by atoms with van der Waals surface area (Å²) in [6, 6.07) is 21.0. The molecule has 0 atom stereocenters. The van der Waals surface area contributed by atoms with Crippen LogP contribution in [0.5, 0.6) is 0 Å². The number of carbonyl (C=O) groups excluding carboxylic acids is 1. The van der Waals surface area contributed by atoms with Gasteiger partial charge in [-0.2, -0.15) is 10.2 Å². The summed E-state index contributed by atoms with van der Waals surface area (Å²) in [6.45, 7) is 0.285. The lowest BCUT2D eigenvalue weighted by atomic mass is 10.1. The summed E-state index contributed by atoms with van der Waals surface area (Å²) in [7, 11) is 0. The Balaban J connectivity index is 1.54. The molecule has 0 bridgehead atoms. The van der Waals surface area contributed by atoms with Crippen LogP contribution in [-0.2, 0) is 6.54 Å². The van der Waals surface area contributed by atoms with E-state index in [1.807, 2.05) is 66.7 Å². The van der Waals surface area contributed by atoms with E-state index in [9.17, 15) is 14.9 Å². The number of carbonyl (C=O) groups is 1. The minimum Gasteiger partial charge on any atom is -0.265 e. The van der Waals surface area contributed by atoms with Crippen LogP contribution in [0.1, 0.15) is 21.6 Å². The summed E-state index contributed by atoms with van der Waals surface area (Å²) >= 11 is 3.39. The summed E-state index contributed by atoms with van der Waals surface area (Å²) in [5, 5.41) is 21.5. The van der Waals surface area contributed by atoms with Crippen LogP contribution in [0.4, 0.5) is 5.69 Å². The summed E-state index contributed by atoms with van der Waals surface area (Å²) in [5.41, 5.74) is 3.35. The van der Waals surface area contributed by atoms with Crippen LogP contribution >= 0.6 is 15.9 Å². The predicted molar refractivity (Wildman–Crippen MR) is 121 cm³/mol. The minimum absolute atomic E-state index is 0.285. The number of nitrogens with one attached hydrogen (secondary N) is 1. The molecule has 0 radical (unpaired) electrons.